The second-order valence-corrected chi connectivity index (χ2v) is 5.44. The highest BCUT2D eigenvalue weighted by atomic mass is 32.2. The number of thiophene rings is 1. The van der Waals surface area contributed by atoms with Gasteiger partial charge in [0.1, 0.15) is 0 Å². The Kier molecular flexibility index (Phi) is 4.75. The predicted molar refractivity (Wildman–Crippen MR) is 76.3 cm³/mol. The van der Waals surface area contributed by atoms with Crippen molar-refractivity contribution in [3.8, 4) is 10.7 Å². The summed E-state index contributed by atoms with van der Waals surface area (Å²) in [5.41, 5.74) is 0. The van der Waals surface area contributed by atoms with E-state index in [1.165, 1.54) is 18.9 Å². The number of thioether (sulfide) groups is 1. The van der Waals surface area contributed by atoms with E-state index in [0.29, 0.717) is 11.7 Å². The second kappa shape index (κ2) is 6.53. The average molecular weight is 295 g/mol. The van der Waals surface area contributed by atoms with Gasteiger partial charge in [-0.15, -0.1) is 28.1 Å². The summed E-state index contributed by atoms with van der Waals surface area (Å²) < 4.78 is 6.55. The molecule has 0 bridgehead atoms. The number of nitrogens with zero attached hydrogens (tertiary/aromatic N) is 3. The molecule has 0 amide bonds. The monoisotopic (exact) mass is 295 g/mol. The van der Waals surface area contributed by atoms with Gasteiger partial charge in [0.15, 0.2) is 11.0 Å². The fraction of sp³-hybridized carbons (Fsp3) is 0.250. The molecule has 0 saturated carbocycles. The van der Waals surface area contributed by atoms with Gasteiger partial charge in [-0.2, -0.15) is 0 Å². The van der Waals surface area contributed by atoms with Crippen molar-refractivity contribution in [3.05, 3.63) is 30.2 Å². The minimum absolute atomic E-state index is 0.218. The Labute approximate surface area is 119 Å². The fourth-order valence-corrected chi connectivity index (χ4v) is 2.96. The normalized spacial score (nSPS) is 10.4. The van der Waals surface area contributed by atoms with Crippen molar-refractivity contribution < 1.29 is 9.53 Å². The zero-order valence-electron chi connectivity index (χ0n) is 10.4. The first kappa shape index (κ1) is 13.8. The zero-order chi connectivity index (χ0) is 13.7. The van der Waals surface area contributed by atoms with E-state index in [-0.39, 0.29) is 11.7 Å². The fourth-order valence-electron chi connectivity index (χ4n) is 1.46. The van der Waals surface area contributed by atoms with E-state index in [1.807, 2.05) is 22.1 Å². The minimum Gasteiger partial charge on any atom is -0.468 e. The van der Waals surface area contributed by atoms with Crippen LogP contribution < -0.4 is 0 Å². The molecule has 100 valence electrons. The lowest BCUT2D eigenvalue weighted by Gasteiger charge is -2.05. The lowest BCUT2D eigenvalue weighted by molar-refractivity contribution is -0.137. The molecule has 0 unspecified atom stereocenters. The molecule has 2 heterocycles. The molecular formula is C12H13N3O2S2. The summed E-state index contributed by atoms with van der Waals surface area (Å²) in [5, 5.41) is 11.0. The third-order valence-electron chi connectivity index (χ3n) is 2.32. The maximum atomic E-state index is 11.2. The molecule has 0 radical (unpaired) electrons. The molecule has 0 fully saturated rings. The summed E-state index contributed by atoms with van der Waals surface area (Å²) in [6.07, 6.45) is 1.78. The number of esters is 1. The largest absolute Gasteiger partial charge is 0.468 e. The van der Waals surface area contributed by atoms with Gasteiger partial charge in [-0.3, -0.25) is 9.36 Å². The molecule has 2 rings (SSSR count). The van der Waals surface area contributed by atoms with Crippen LogP contribution in [-0.4, -0.2) is 33.6 Å². The van der Waals surface area contributed by atoms with Crippen molar-refractivity contribution in [2.24, 2.45) is 0 Å². The molecule has 2 aromatic rings. The molecule has 0 N–H and O–H groups in total. The molecule has 7 heteroatoms. The van der Waals surface area contributed by atoms with E-state index in [2.05, 4.69) is 21.5 Å². The van der Waals surface area contributed by atoms with Gasteiger partial charge in [0.2, 0.25) is 0 Å². The van der Waals surface area contributed by atoms with E-state index in [9.17, 15) is 4.79 Å². The summed E-state index contributed by atoms with van der Waals surface area (Å²) in [5.74, 6) is 0.731. The molecule has 0 aliphatic carbocycles. The van der Waals surface area contributed by atoms with Gasteiger partial charge in [-0.05, 0) is 11.4 Å². The number of hydrogen-bond acceptors (Lipinski definition) is 6. The lowest BCUT2D eigenvalue weighted by atomic mass is 10.4. The maximum absolute atomic E-state index is 11.2. The highest BCUT2D eigenvalue weighted by molar-refractivity contribution is 7.99. The average Bonchev–Trinajstić information content (AvgIpc) is 3.05. The van der Waals surface area contributed by atoms with Crippen molar-refractivity contribution in [2.75, 3.05) is 12.9 Å². The standard InChI is InChI=1S/C12H13N3O2S2/c1-3-6-15-11(9-5-4-7-18-9)13-14-12(15)19-8-10(16)17-2/h3-5,7H,1,6,8H2,2H3. The number of rotatable bonds is 6. The van der Waals surface area contributed by atoms with Crippen LogP contribution >= 0.6 is 23.1 Å². The predicted octanol–water partition coefficient (Wildman–Crippen LogP) is 2.46. The van der Waals surface area contributed by atoms with Crippen LogP contribution in [0.4, 0.5) is 0 Å². The Balaban J connectivity index is 2.24. The van der Waals surface area contributed by atoms with E-state index in [1.54, 1.807) is 17.4 Å². The van der Waals surface area contributed by atoms with Crippen molar-refractivity contribution >= 4 is 29.1 Å². The topological polar surface area (TPSA) is 57.0 Å². The molecule has 0 saturated heterocycles. The summed E-state index contributed by atoms with van der Waals surface area (Å²) in [7, 11) is 1.37. The minimum atomic E-state index is -0.282. The number of aromatic nitrogens is 3. The van der Waals surface area contributed by atoms with Crippen LogP contribution in [-0.2, 0) is 16.1 Å². The first-order valence-corrected chi connectivity index (χ1v) is 7.40. The van der Waals surface area contributed by atoms with Gasteiger partial charge in [-0.25, -0.2) is 0 Å². The molecule has 0 aliphatic rings. The SMILES string of the molecule is C=CCn1c(SCC(=O)OC)nnc1-c1cccs1. The van der Waals surface area contributed by atoms with Crippen LogP contribution in [0.25, 0.3) is 10.7 Å². The highest BCUT2D eigenvalue weighted by Gasteiger charge is 2.15. The number of hydrogen-bond donors (Lipinski definition) is 0. The summed E-state index contributed by atoms with van der Waals surface area (Å²) in [6.45, 7) is 4.34. The smallest absolute Gasteiger partial charge is 0.316 e. The van der Waals surface area contributed by atoms with E-state index in [4.69, 9.17) is 0 Å². The third-order valence-corrected chi connectivity index (χ3v) is 4.12. The summed E-state index contributed by atoms with van der Waals surface area (Å²) in [6, 6.07) is 3.96. The molecule has 2 aromatic heterocycles. The van der Waals surface area contributed by atoms with Crippen LogP contribution in [0.2, 0.25) is 0 Å². The lowest BCUT2D eigenvalue weighted by Crippen LogP contribution is -2.05. The molecular weight excluding hydrogens is 282 g/mol. The van der Waals surface area contributed by atoms with Crippen LogP contribution in [0.3, 0.4) is 0 Å². The van der Waals surface area contributed by atoms with Gasteiger partial charge >= 0.3 is 5.97 Å². The molecule has 0 spiro atoms. The summed E-state index contributed by atoms with van der Waals surface area (Å²) >= 11 is 2.91. The van der Waals surface area contributed by atoms with Crippen LogP contribution in [0.1, 0.15) is 0 Å². The summed E-state index contributed by atoms with van der Waals surface area (Å²) in [4.78, 5) is 12.2. The number of allylic oxidation sites excluding steroid dienone is 1. The zero-order valence-corrected chi connectivity index (χ0v) is 12.0. The molecule has 0 atom stereocenters. The Hall–Kier alpha value is -1.60. The molecule has 0 aromatic carbocycles. The van der Waals surface area contributed by atoms with Crippen molar-refractivity contribution in [3.63, 3.8) is 0 Å². The van der Waals surface area contributed by atoms with E-state index >= 15 is 0 Å². The number of ether oxygens (including phenoxy) is 1. The van der Waals surface area contributed by atoms with E-state index in [0.717, 1.165) is 10.7 Å². The third kappa shape index (κ3) is 3.24. The van der Waals surface area contributed by atoms with Crippen LogP contribution in [0, 0.1) is 0 Å². The van der Waals surface area contributed by atoms with Gasteiger partial charge in [0, 0.05) is 6.54 Å². The van der Waals surface area contributed by atoms with Crippen LogP contribution in [0.15, 0.2) is 35.3 Å². The van der Waals surface area contributed by atoms with Crippen molar-refractivity contribution in [1.82, 2.24) is 14.8 Å². The molecule has 5 nitrogen and oxygen atoms in total. The molecule has 19 heavy (non-hydrogen) atoms. The van der Waals surface area contributed by atoms with Gasteiger partial charge in [0.05, 0.1) is 17.7 Å². The Morgan fingerprint density at radius 3 is 3.11 bits per heavy atom. The Morgan fingerprint density at radius 2 is 2.47 bits per heavy atom. The van der Waals surface area contributed by atoms with Crippen molar-refractivity contribution in [2.45, 2.75) is 11.7 Å². The van der Waals surface area contributed by atoms with Gasteiger partial charge in [0.25, 0.3) is 0 Å². The van der Waals surface area contributed by atoms with E-state index < -0.39 is 0 Å². The number of carbonyl (C=O) groups excluding carboxylic acids is 1. The number of methoxy groups -OCH3 is 1. The van der Waals surface area contributed by atoms with Crippen molar-refractivity contribution in [1.29, 1.82) is 0 Å². The Bertz CT molecular complexity index is 564. The second-order valence-electron chi connectivity index (χ2n) is 3.55. The number of carbonyl (C=O) groups is 1. The van der Waals surface area contributed by atoms with Gasteiger partial charge in [-0.1, -0.05) is 23.9 Å². The molecule has 0 aliphatic heterocycles. The first-order valence-electron chi connectivity index (χ1n) is 5.54. The first-order chi connectivity index (χ1) is 9.26. The maximum Gasteiger partial charge on any atom is 0.316 e. The highest BCUT2D eigenvalue weighted by Crippen LogP contribution is 2.27. The van der Waals surface area contributed by atoms with Crippen LogP contribution in [0.5, 0.6) is 0 Å². The Morgan fingerprint density at radius 1 is 1.63 bits per heavy atom. The quantitative estimate of drug-likeness (QED) is 0.465. The van der Waals surface area contributed by atoms with Gasteiger partial charge < -0.3 is 4.74 Å².